The van der Waals surface area contributed by atoms with E-state index in [1.807, 2.05) is 13.1 Å². The van der Waals surface area contributed by atoms with Gasteiger partial charge in [-0.05, 0) is 31.4 Å². The molecule has 142 valence electrons. The molecular weight excluding hydrogens is 362 g/mol. The van der Waals surface area contributed by atoms with Crippen molar-refractivity contribution in [3.05, 3.63) is 35.9 Å². The zero-order valence-electron chi connectivity index (χ0n) is 15.7. The Morgan fingerprint density at radius 2 is 2.26 bits per heavy atom. The van der Waals surface area contributed by atoms with Crippen molar-refractivity contribution in [1.29, 1.82) is 0 Å². The van der Waals surface area contributed by atoms with Crippen LogP contribution in [0.15, 0.2) is 24.7 Å². The van der Waals surface area contributed by atoms with Gasteiger partial charge in [0.15, 0.2) is 5.13 Å². The number of imidazole rings is 1. The molecule has 1 fully saturated rings. The van der Waals surface area contributed by atoms with E-state index in [1.165, 1.54) is 5.56 Å². The first-order valence-corrected chi connectivity index (χ1v) is 9.84. The molecule has 1 aromatic carbocycles. The molecule has 1 N–H and O–H groups in total. The average molecular weight is 385 g/mol. The maximum absolute atomic E-state index is 12.4. The van der Waals surface area contributed by atoms with Gasteiger partial charge in [-0.2, -0.15) is 0 Å². The van der Waals surface area contributed by atoms with Gasteiger partial charge in [-0.3, -0.25) is 4.79 Å². The highest BCUT2D eigenvalue weighted by molar-refractivity contribution is 7.22. The summed E-state index contributed by atoms with van der Waals surface area (Å²) >= 11 is 1.69. The summed E-state index contributed by atoms with van der Waals surface area (Å²) in [6.45, 7) is 3.78. The number of aromatic nitrogens is 3. The summed E-state index contributed by atoms with van der Waals surface area (Å²) in [7, 11) is 3.53. The van der Waals surface area contributed by atoms with E-state index in [-0.39, 0.29) is 11.9 Å². The minimum Gasteiger partial charge on any atom is -0.494 e. The van der Waals surface area contributed by atoms with Crippen LogP contribution in [0.1, 0.15) is 28.9 Å². The number of carbonyl (C=O) groups excluding carboxylic acids is 1. The van der Waals surface area contributed by atoms with Gasteiger partial charge < -0.3 is 19.5 Å². The van der Waals surface area contributed by atoms with Crippen LogP contribution in [0.2, 0.25) is 0 Å². The molecule has 0 bridgehead atoms. The minimum absolute atomic E-state index is 0.0864. The Labute approximate surface area is 162 Å². The predicted molar refractivity (Wildman–Crippen MR) is 107 cm³/mol. The zero-order chi connectivity index (χ0) is 19.0. The van der Waals surface area contributed by atoms with E-state index in [2.05, 4.69) is 28.2 Å². The number of benzene rings is 1. The number of methoxy groups -OCH3 is 1. The lowest BCUT2D eigenvalue weighted by Gasteiger charge is -2.32. The fourth-order valence-corrected chi connectivity index (χ4v) is 4.54. The van der Waals surface area contributed by atoms with E-state index in [9.17, 15) is 4.79 Å². The standard InChI is InChI=1S/C19H23N5O2S/c1-12-6-7-15(26-3)16-17(12)27-19(22-16)24-8-4-5-13(9-24)21-18(25)14-10-23(2)11-20-14/h6-7,10-11,13H,4-5,8-9H2,1-3H3,(H,21,25). The van der Waals surface area contributed by atoms with Crippen molar-refractivity contribution >= 4 is 32.6 Å². The molecule has 1 saturated heterocycles. The van der Waals surface area contributed by atoms with E-state index in [1.54, 1.807) is 35.5 Å². The van der Waals surface area contributed by atoms with Gasteiger partial charge >= 0.3 is 0 Å². The highest BCUT2D eigenvalue weighted by Crippen LogP contribution is 2.37. The molecule has 27 heavy (non-hydrogen) atoms. The lowest BCUT2D eigenvalue weighted by atomic mass is 10.1. The molecule has 0 aliphatic carbocycles. The number of nitrogens with one attached hydrogen (secondary N) is 1. The Bertz CT molecular complexity index is 980. The van der Waals surface area contributed by atoms with Crippen LogP contribution >= 0.6 is 11.3 Å². The fourth-order valence-electron chi connectivity index (χ4n) is 3.46. The van der Waals surface area contributed by atoms with E-state index >= 15 is 0 Å². The number of fused-ring (bicyclic) bond motifs is 1. The molecular formula is C19H23N5O2S. The maximum Gasteiger partial charge on any atom is 0.271 e. The van der Waals surface area contributed by atoms with E-state index in [0.717, 1.165) is 47.0 Å². The molecule has 8 heteroatoms. The average Bonchev–Trinajstić information content (AvgIpc) is 3.30. The molecule has 1 unspecified atom stereocenters. The molecule has 7 nitrogen and oxygen atoms in total. The molecule has 0 radical (unpaired) electrons. The lowest BCUT2D eigenvalue weighted by Crippen LogP contribution is -2.47. The molecule has 0 spiro atoms. The molecule has 1 atom stereocenters. The summed E-state index contributed by atoms with van der Waals surface area (Å²) in [6.07, 6.45) is 5.35. The van der Waals surface area contributed by atoms with Gasteiger partial charge in [0.2, 0.25) is 0 Å². The number of rotatable bonds is 4. The highest BCUT2D eigenvalue weighted by Gasteiger charge is 2.25. The topological polar surface area (TPSA) is 72.3 Å². The number of hydrogen-bond acceptors (Lipinski definition) is 6. The fraction of sp³-hybridized carbons (Fsp3) is 0.421. The predicted octanol–water partition coefficient (Wildman–Crippen LogP) is 2.75. The number of piperidine rings is 1. The van der Waals surface area contributed by atoms with Crippen molar-refractivity contribution in [2.75, 3.05) is 25.1 Å². The Morgan fingerprint density at radius 3 is 3.00 bits per heavy atom. The van der Waals surface area contributed by atoms with Gasteiger partial charge in [-0.15, -0.1) is 0 Å². The van der Waals surface area contributed by atoms with Crippen LogP contribution in [-0.2, 0) is 7.05 Å². The lowest BCUT2D eigenvalue weighted by molar-refractivity contribution is 0.0928. The summed E-state index contributed by atoms with van der Waals surface area (Å²) in [5.41, 5.74) is 2.57. The third-order valence-electron chi connectivity index (χ3n) is 4.88. The summed E-state index contributed by atoms with van der Waals surface area (Å²) < 4.78 is 8.40. The van der Waals surface area contributed by atoms with Gasteiger partial charge in [-0.1, -0.05) is 17.4 Å². The van der Waals surface area contributed by atoms with Crippen LogP contribution in [0.5, 0.6) is 5.75 Å². The number of amides is 1. The number of hydrogen-bond donors (Lipinski definition) is 1. The van der Waals surface area contributed by atoms with E-state index < -0.39 is 0 Å². The van der Waals surface area contributed by atoms with Gasteiger partial charge in [0.05, 0.1) is 18.1 Å². The number of anilines is 1. The number of carbonyl (C=O) groups is 1. The SMILES string of the molecule is COc1ccc(C)c2sc(N3CCCC(NC(=O)c4cn(C)cn4)C3)nc12. The molecule has 1 amide bonds. The number of aryl methyl sites for hydroxylation is 2. The van der Waals surface area contributed by atoms with Crippen LogP contribution < -0.4 is 15.0 Å². The van der Waals surface area contributed by atoms with E-state index in [0.29, 0.717) is 5.69 Å². The molecule has 2 aromatic heterocycles. The second kappa shape index (κ2) is 7.19. The smallest absolute Gasteiger partial charge is 0.271 e. The Kier molecular flexibility index (Phi) is 4.73. The quantitative estimate of drug-likeness (QED) is 0.748. The summed E-state index contributed by atoms with van der Waals surface area (Å²) in [5, 5.41) is 4.09. The van der Waals surface area contributed by atoms with Crippen molar-refractivity contribution < 1.29 is 9.53 Å². The highest BCUT2D eigenvalue weighted by atomic mass is 32.1. The number of thiazole rings is 1. The number of ether oxygens (including phenoxy) is 1. The molecule has 3 aromatic rings. The van der Waals surface area contributed by atoms with Crippen LogP contribution in [0, 0.1) is 6.92 Å². The first-order valence-electron chi connectivity index (χ1n) is 9.03. The third-order valence-corrected chi connectivity index (χ3v) is 6.13. The second-order valence-corrected chi connectivity index (χ2v) is 7.92. The first kappa shape index (κ1) is 17.8. The van der Waals surface area contributed by atoms with Gasteiger partial charge in [0.25, 0.3) is 5.91 Å². The Balaban J connectivity index is 1.52. The summed E-state index contributed by atoms with van der Waals surface area (Å²) in [5.74, 6) is 0.680. The van der Waals surface area contributed by atoms with Crippen molar-refractivity contribution in [1.82, 2.24) is 19.9 Å². The molecule has 1 aliphatic heterocycles. The van der Waals surface area contributed by atoms with E-state index in [4.69, 9.17) is 9.72 Å². The summed E-state index contributed by atoms with van der Waals surface area (Å²) in [6, 6.07) is 4.12. The van der Waals surface area contributed by atoms with Crippen LogP contribution in [0.25, 0.3) is 10.2 Å². The third kappa shape index (κ3) is 3.49. The minimum atomic E-state index is -0.121. The van der Waals surface area contributed by atoms with Crippen LogP contribution in [0.3, 0.4) is 0 Å². The molecule has 4 rings (SSSR count). The normalized spacial score (nSPS) is 17.3. The molecule has 1 aliphatic rings. The summed E-state index contributed by atoms with van der Waals surface area (Å²) in [4.78, 5) is 23.6. The zero-order valence-corrected chi connectivity index (χ0v) is 16.5. The maximum atomic E-state index is 12.4. The van der Waals surface area contributed by atoms with Gasteiger partial charge in [0.1, 0.15) is 17.0 Å². The van der Waals surface area contributed by atoms with Crippen molar-refractivity contribution in [3.63, 3.8) is 0 Å². The van der Waals surface area contributed by atoms with Crippen molar-refractivity contribution in [3.8, 4) is 5.75 Å². The first-order chi connectivity index (χ1) is 13.0. The van der Waals surface area contributed by atoms with Crippen LogP contribution in [0.4, 0.5) is 5.13 Å². The van der Waals surface area contributed by atoms with Gasteiger partial charge in [-0.25, -0.2) is 9.97 Å². The van der Waals surface area contributed by atoms with Crippen molar-refractivity contribution in [2.24, 2.45) is 7.05 Å². The number of nitrogens with zero attached hydrogens (tertiary/aromatic N) is 4. The Morgan fingerprint density at radius 1 is 1.41 bits per heavy atom. The largest absolute Gasteiger partial charge is 0.494 e. The van der Waals surface area contributed by atoms with Crippen LogP contribution in [-0.4, -0.2) is 46.7 Å². The second-order valence-electron chi connectivity index (χ2n) is 6.94. The van der Waals surface area contributed by atoms with Gasteiger partial charge in [0, 0.05) is 32.4 Å². The monoisotopic (exact) mass is 385 g/mol. The Hall–Kier alpha value is -2.61. The molecule has 0 saturated carbocycles. The molecule has 3 heterocycles. The van der Waals surface area contributed by atoms with Crippen molar-refractivity contribution in [2.45, 2.75) is 25.8 Å².